The van der Waals surface area contributed by atoms with Gasteiger partial charge in [0.1, 0.15) is 0 Å². The third-order valence-corrected chi connectivity index (χ3v) is 12.2. The summed E-state index contributed by atoms with van der Waals surface area (Å²) in [5.74, 6) is 0. The highest BCUT2D eigenvalue weighted by molar-refractivity contribution is 6.98. The first-order valence-electron chi connectivity index (χ1n) is 20.4. The predicted molar refractivity (Wildman–Crippen MR) is 246 cm³/mol. The first-order chi connectivity index (χ1) is 30.1. The Morgan fingerprint density at radius 2 is 0.548 bits per heavy atom. The lowest BCUT2D eigenvalue weighted by Crippen LogP contribution is -2.52. The summed E-state index contributed by atoms with van der Waals surface area (Å²) in [5.41, 5.74) is 4.60. The van der Waals surface area contributed by atoms with E-state index in [2.05, 4.69) is 0 Å². The molecule has 0 unspecified atom stereocenters. The van der Waals surface area contributed by atoms with Gasteiger partial charge in [0, 0.05) is 0 Å². The van der Waals surface area contributed by atoms with Gasteiger partial charge in [0.2, 0.25) is 13.4 Å². The molecule has 0 spiro atoms. The minimum absolute atomic E-state index is 0.0216. The molecule has 0 nitrogen and oxygen atoms in total. The van der Waals surface area contributed by atoms with E-state index in [0.29, 0.717) is 32.7 Å². The average Bonchev–Trinajstić information content (AvgIpc) is 3.30. The van der Waals surface area contributed by atoms with E-state index in [1.54, 1.807) is 12.1 Å². The third kappa shape index (κ3) is 6.80. The summed E-state index contributed by atoms with van der Waals surface area (Å²) in [6.45, 7) is -0.824. The summed E-state index contributed by atoms with van der Waals surface area (Å²) in [6, 6.07) is 62.2. The Morgan fingerprint density at radius 3 is 0.855 bits per heavy atom. The first-order valence-corrected chi connectivity index (χ1v) is 20.4. The largest absolute Gasteiger partial charge is 0.417 e. The monoisotopic (exact) mass is 818 g/mol. The minimum atomic E-state index is -4.67. The van der Waals surface area contributed by atoms with Crippen molar-refractivity contribution < 1.29 is 26.3 Å². The zero-order valence-corrected chi connectivity index (χ0v) is 33.1. The van der Waals surface area contributed by atoms with Crippen molar-refractivity contribution in [3.05, 3.63) is 217 Å². The predicted octanol–water partition coefficient (Wildman–Crippen LogP) is 11.0. The van der Waals surface area contributed by atoms with Crippen LogP contribution in [0.3, 0.4) is 0 Å². The van der Waals surface area contributed by atoms with Crippen molar-refractivity contribution in [1.82, 2.24) is 0 Å². The van der Waals surface area contributed by atoms with E-state index in [-0.39, 0.29) is 11.1 Å². The van der Waals surface area contributed by atoms with Crippen molar-refractivity contribution in [2.45, 2.75) is 12.4 Å². The topological polar surface area (TPSA) is 0 Å². The standard InChI is InChI=1S/C54H34B2F6/c57-53(58,59)47-27-15-13-25-39(47)45-33-49(55(35-17-5-1-6-18-35)36-19-7-2-8-20-36)43-31-29-42-46(40-26-14-16-28-48(40)54(60,61)62)34-50(44-32-30-41(45)51(43)52(42)44)56(37-21-9-3-10-22-37)38-23-11-4-12-24-38/h1-34H. The second-order valence-corrected chi connectivity index (χ2v) is 15.7. The Labute approximate surface area is 355 Å². The Hall–Kier alpha value is -7.05. The number of halogens is 6. The summed E-state index contributed by atoms with van der Waals surface area (Å²) in [7, 11) is 0. The number of hydrogen-bond acceptors (Lipinski definition) is 0. The molecule has 0 bridgehead atoms. The second-order valence-electron chi connectivity index (χ2n) is 15.7. The van der Waals surface area contributed by atoms with Crippen molar-refractivity contribution >= 4 is 78.5 Å². The second kappa shape index (κ2) is 15.4. The van der Waals surface area contributed by atoms with E-state index in [4.69, 9.17) is 0 Å². The number of hydrogen-bond donors (Lipinski definition) is 0. The normalized spacial score (nSPS) is 12.0. The molecule has 298 valence electrons. The Kier molecular flexibility index (Phi) is 9.74. The Morgan fingerprint density at radius 1 is 0.274 bits per heavy atom. The fraction of sp³-hybridized carbons (Fsp3) is 0.0370. The van der Waals surface area contributed by atoms with Crippen LogP contribution in [0.4, 0.5) is 26.3 Å². The zero-order valence-electron chi connectivity index (χ0n) is 33.1. The zero-order chi connectivity index (χ0) is 42.6. The molecular weight excluding hydrogens is 784 g/mol. The fourth-order valence-electron chi connectivity index (χ4n) is 9.59. The molecule has 0 amide bonds. The van der Waals surface area contributed by atoms with Crippen LogP contribution in [-0.2, 0) is 12.4 Å². The van der Waals surface area contributed by atoms with Gasteiger partial charge in [0.15, 0.2) is 0 Å². The lowest BCUT2D eigenvalue weighted by molar-refractivity contribution is -0.137. The molecule has 0 N–H and O–H groups in total. The van der Waals surface area contributed by atoms with Crippen LogP contribution in [0.1, 0.15) is 11.1 Å². The van der Waals surface area contributed by atoms with Crippen molar-refractivity contribution in [1.29, 1.82) is 0 Å². The minimum Gasteiger partial charge on any atom is -0.166 e. The highest BCUT2D eigenvalue weighted by Gasteiger charge is 2.37. The molecule has 0 saturated carbocycles. The Balaban J connectivity index is 1.43. The maximum atomic E-state index is 15.1. The van der Waals surface area contributed by atoms with Gasteiger partial charge in [-0.3, -0.25) is 0 Å². The van der Waals surface area contributed by atoms with Crippen LogP contribution >= 0.6 is 0 Å². The molecule has 0 aliphatic heterocycles. The third-order valence-electron chi connectivity index (χ3n) is 12.2. The van der Waals surface area contributed by atoms with Crippen LogP contribution in [-0.4, -0.2) is 13.4 Å². The maximum absolute atomic E-state index is 15.1. The Bertz CT molecular complexity index is 2910. The smallest absolute Gasteiger partial charge is 0.166 e. The van der Waals surface area contributed by atoms with Gasteiger partial charge >= 0.3 is 12.4 Å². The van der Waals surface area contributed by atoms with Crippen molar-refractivity contribution in [3.8, 4) is 22.3 Å². The van der Waals surface area contributed by atoms with Gasteiger partial charge in [-0.2, -0.15) is 26.3 Å². The quantitative estimate of drug-likeness (QED) is 0.0814. The average molecular weight is 818 g/mol. The summed E-state index contributed by atoms with van der Waals surface area (Å²) >= 11 is 0. The SMILES string of the molecule is FC(F)(F)c1ccccc1-c1cc(B(c2ccccc2)c2ccccc2)c2ccc3c(-c4ccccc4C(F)(F)F)cc(B(c4ccccc4)c4ccccc4)c4ccc1c2c43. The highest BCUT2D eigenvalue weighted by Crippen LogP contribution is 2.46. The van der Waals surface area contributed by atoms with E-state index in [1.807, 2.05) is 158 Å². The van der Waals surface area contributed by atoms with E-state index in [1.165, 1.54) is 24.3 Å². The maximum Gasteiger partial charge on any atom is 0.417 e. The lowest BCUT2D eigenvalue weighted by Gasteiger charge is -2.26. The lowest BCUT2D eigenvalue weighted by atomic mass is 9.35. The molecule has 0 aromatic heterocycles. The van der Waals surface area contributed by atoms with E-state index in [9.17, 15) is 0 Å². The van der Waals surface area contributed by atoms with Crippen LogP contribution in [0.5, 0.6) is 0 Å². The van der Waals surface area contributed by atoms with Gasteiger partial charge in [0.25, 0.3) is 0 Å². The van der Waals surface area contributed by atoms with Crippen LogP contribution < -0.4 is 32.8 Å². The fourth-order valence-corrected chi connectivity index (χ4v) is 9.59. The molecule has 0 aliphatic carbocycles. The molecule has 0 saturated heterocycles. The summed E-state index contributed by atoms with van der Waals surface area (Å²) in [4.78, 5) is 0. The molecule has 0 heterocycles. The van der Waals surface area contributed by atoms with Crippen LogP contribution in [0.2, 0.25) is 0 Å². The van der Waals surface area contributed by atoms with Gasteiger partial charge in [-0.25, -0.2) is 0 Å². The van der Waals surface area contributed by atoms with Gasteiger partial charge < -0.3 is 0 Å². The van der Waals surface area contributed by atoms with Crippen molar-refractivity contribution in [2.24, 2.45) is 0 Å². The molecule has 10 aromatic rings. The molecule has 10 aromatic carbocycles. The van der Waals surface area contributed by atoms with E-state index in [0.717, 1.165) is 55.7 Å². The molecule has 0 fully saturated rings. The van der Waals surface area contributed by atoms with Crippen LogP contribution in [0, 0.1) is 0 Å². The molecule has 0 radical (unpaired) electrons. The number of rotatable bonds is 8. The summed E-state index contributed by atoms with van der Waals surface area (Å²) < 4.78 is 90.4. The summed E-state index contributed by atoms with van der Waals surface area (Å²) in [6.07, 6.45) is -9.33. The van der Waals surface area contributed by atoms with Gasteiger partial charge in [-0.15, -0.1) is 0 Å². The van der Waals surface area contributed by atoms with Gasteiger partial charge in [0.05, 0.1) is 11.1 Å². The molecular formula is C54H34B2F6. The van der Waals surface area contributed by atoms with Crippen LogP contribution in [0.15, 0.2) is 206 Å². The van der Waals surface area contributed by atoms with Gasteiger partial charge in [-0.1, -0.05) is 227 Å². The molecule has 0 aliphatic rings. The number of benzene rings is 10. The van der Waals surface area contributed by atoms with E-state index < -0.39 is 36.9 Å². The van der Waals surface area contributed by atoms with Gasteiger partial charge in [-0.05, 0) is 66.7 Å². The molecule has 0 atom stereocenters. The van der Waals surface area contributed by atoms with Crippen molar-refractivity contribution in [3.63, 3.8) is 0 Å². The first kappa shape index (κ1) is 39.1. The molecule has 10 rings (SSSR count). The van der Waals surface area contributed by atoms with Crippen LogP contribution in [0.25, 0.3) is 54.6 Å². The number of alkyl halides is 6. The highest BCUT2D eigenvalue weighted by atomic mass is 19.4. The molecule has 62 heavy (non-hydrogen) atoms. The molecule has 8 heteroatoms. The van der Waals surface area contributed by atoms with E-state index >= 15 is 26.3 Å². The summed E-state index contributed by atoms with van der Waals surface area (Å²) in [5, 5.41) is 4.12. The van der Waals surface area contributed by atoms with Crippen molar-refractivity contribution in [2.75, 3.05) is 0 Å².